The van der Waals surface area contributed by atoms with E-state index in [0.717, 1.165) is 29.8 Å². The first-order valence-corrected chi connectivity index (χ1v) is 10.3. The normalized spacial score (nSPS) is 14.9. The number of hydrogen-bond donors (Lipinski definition) is 1. The van der Waals surface area contributed by atoms with Gasteiger partial charge in [0.05, 0.1) is 6.26 Å². The number of hydrogen-bond acceptors (Lipinski definition) is 4. The van der Waals surface area contributed by atoms with Crippen LogP contribution >= 0.6 is 0 Å². The first-order valence-electron chi connectivity index (χ1n) is 8.78. The molecule has 1 aliphatic heterocycles. The molecule has 8 heteroatoms. The zero-order chi connectivity index (χ0) is 19.7. The van der Waals surface area contributed by atoms with Crippen LogP contribution in [0.4, 0.5) is 14.5 Å². The van der Waals surface area contributed by atoms with Gasteiger partial charge in [0.2, 0.25) is 10.0 Å². The second kappa shape index (κ2) is 7.37. The van der Waals surface area contributed by atoms with Crippen LogP contribution in [0, 0.1) is 11.6 Å². The summed E-state index contributed by atoms with van der Waals surface area (Å²) in [6.45, 7) is 0.640. The van der Waals surface area contributed by atoms with Crippen LogP contribution in [0.25, 0.3) is 0 Å². The molecule has 1 atom stereocenters. The van der Waals surface area contributed by atoms with Crippen molar-refractivity contribution in [1.82, 2.24) is 4.72 Å². The number of benzene rings is 2. The topological polar surface area (TPSA) is 62.6 Å². The molecule has 0 saturated carbocycles. The van der Waals surface area contributed by atoms with Gasteiger partial charge in [0, 0.05) is 18.8 Å². The summed E-state index contributed by atoms with van der Waals surface area (Å²) in [6.07, 6.45) is 2.35. The molecule has 0 saturated heterocycles. The summed E-state index contributed by atoms with van der Waals surface area (Å²) < 4.78 is 60.5. The van der Waals surface area contributed by atoms with E-state index in [4.69, 9.17) is 4.42 Å². The van der Waals surface area contributed by atoms with Crippen LogP contribution in [0.15, 0.2) is 70.2 Å². The molecule has 0 fully saturated rings. The Morgan fingerprint density at radius 2 is 1.93 bits per heavy atom. The molecule has 2 aromatic carbocycles. The maximum absolute atomic E-state index is 13.9. The predicted molar refractivity (Wildman–Crippen MR) is 100 cm³/mol. The Bertz CT molecular complexity index is 1080. The van der Waals surface area contributed by atoms with Gasteiger partial charge in [-0.2, -0.15) is 0 Å². The molecule has 2 heterocycles. The maximum atomic E-state index is 13.9. The number of furan rings is 1. The fourth-order valence-electron chi connectivity index (χ4n) is 3.48. The molecule has 1 aliphatic rings. The smallest absolute Gasteiger partial charge is 0.243 e. The summed E-state index contributed by atoms with van der Waals surface area (Å²) in [5.74, 6) is -1.24. The Morgan fingerprint density at radius 1 is 1.11 bits per heavy atom. The average Bonchev–Trinajstić information content (AvgIpc) is 3.35. The summed E-state index contributed by atoms with van der Waals surface area (Å²) in [5, 5.41) is 0. The van der Waals surface area contributed by atoms with Crippen LogP contribution in [0.1, 0.15) is 17.4 Å². The number of nitrogens with one attached hydrogen (secondary N) is 1. The zero-order valence-corrected chi connectivity index (χ0v) is 15.6. The number of rotatable bonds is 6. The molecular formula is C20H18F2N2O3S. The molecule has 1 N–H and O–H groups in total. The summed E-state index contributed by atoms with van der Waals surface area (Å²) in [6, 6.07) is 13.3. The van der Waals surface area contributed by atoms with Crippen molar-refractivity contribution in [2.24, 2.45) is 0 Å². The first kappa shape index (κ1) is 18.6. The van der Waals surface area contributed by atoms with Crippen molar-refractivity contribution >= 4 is 15.7 Å². The molecule has 1 aromatic heterocycles. The van der Waals surface area contributed by atoms with E-state index in [-0.39, 0.29) is 6.54 Å². The van der Waals surface area contributed by atoms with Crippen molar-refractivity contribution in [2.75, 3.05) is 18.0 Å². The molecule has 146 valence electrons. The fourth-order valence-corrected chi connectivity index (χ4v) is 4.61. The summed E-state index contributed by atoms with van der Waals surface area (Å²) in [5.41, 5.74) is 2.16. The van der Waals surface area contributed by atoms with E-state index in [1.807, 2.05) is 24.3 Å². The highest BCUT2D eigenvalue weighted by atomic mass is 32.2. The van der Waals surface area contributed by atoms with E-state index in [0.29, 0.717) is 18.4 Å². The zero-order valence-electron chi connectivity index (χ0n) is 14.8. The van der Waals surface area contributed by atoms with Crippen LogP contribution < -0.4 is 9.62 Å². The van der Waals surface area contributed by atoms with Crippen LogP contribution in [-0.2, 0) is 16.4 Å². The van der Waals surface area contributed by atoms with Gasteiger partial charge >= 0.3 is 0 Å². The van der Waals surface area contributed by atoms with Crippen molar-refractivity contribution in [2.45, 2.75) is 17.4 Å². The number of halogens is 2. The van der Waals surface area contributed by atoms with Gasteiger partial charge in [0.25, 0.3) is 0 Å². The molecule has 0 aliphatic carbocycles. The molecular weight excluding hydrogens is 386 g/mol. The van der Waals surface area contributed by atoms with Gasteiger partial charge in [0.1, 0.15) is 28.3 Å². The van der Waals surface area contributed by atoms with E-state index >= 15 is 0 Å². The van der Waals surface area contributed by atoms with E-state index in [2.05, 4.69) is 9.62 Å². The largest absolute Gasteiger partial charge is 0.467 e. The van der Waals surface area contributed by atoms with Gasteiger partial charge in [-0.1, -0.05) is 18.2 Å². The van der Waals surface area contributed by atoms with E-state index < -0.39 is 32.6 Å². The standard InChI is InChI=1S/C20H18F2N2O3S/c21-15-7-8-16(22)20(12-15)28(25,26)23-13-18(19-6-3-11-27-19)24-10-9-14-4-1-2-5-17(14)24/h1-8,11-12,18,23H,9-10,13H2/t18-/m0/s1. The van der Waals surface area contributed by atoms with Gasteiger partial charge in [-0.05, 0) is 48.4 Å². The number of nitrogens with zero attached hydrogens (tertiary/aromatic N) is 1. The molecule has 5 nitrogen and oxygen atoms in total. The second-order valence-electron chi connectivity index (χ2n) is 6.53. The van der Waals surface area contributed by atoms with Crippen molar-refractivity contribution in [3.63, 3.8) is 0 Å². The number of fused-ring (bicyclic) bond motifs is 1. The highest BCUT2D eigenvalue weighted by Gasteiger charge is 2.30. The van der Waals surface area contributed by atoms with E-state index in [1.54, 1.807) is 12.1 Å². The minimum atomic E-state index is -4.24. The average molecular weight is 404 g/mol. The van der Waals surface area contributed by atoms with E-state index in [1.165, 1.54) is 6.26 Å². The van der Waals surface area contributed by atoms with Gasteiger partial charge in [-0.25, -0.2) is 21.9 Å². The lowest BCUT2D eigenvalue weighted by atomic mass is 10.1. The van der Waals surface area contributed by atoms with Crippen LogP contribution in [-0.4, -0.2) is 21.5 Å². The van der Waals surface area contributed by atoms with Gasteiger partial charge in [-0.15, -0.1) is 0 Å². The quantitative estimate of drug-likeness (QED) is 0.681. The second-order valence-corrected chi connectivity index (χ2v) is 8.27. The van der Waals surface area contributed by atoms with Crippen LogP contribution in [0.2, 0.25) is 0 Å². The number of sulfonamides is 1. The SMILES string of the molecule is O=S(=O)(NC[C@@H](c1ccco1)N1CCc2ccccc21)c1cc(F)ccc1F. The lowest BCUT2D eigenvalue weighted by Gasteiger charge is -2.29. The monoisotopic (exact) mass is 404 g/mol. The molecule has 28 heavy (non-hydrogen) atoms. The molecule has 0 amide bonds. The predicted octanol–water partition coefficient (Wildman–Crippen LogP) is 3.64. The first-order chi connectivity index (χ1) is 13.5. The summed E-state index contributed by atoms with van der Waals surface area (Å²) in [4.78, 5) is 1.34. The highest BCUT2D eigenvalue weighted by Crippen LogP contribution is 2.35. The van der Waals surface area contributed by atoms with E-state index in [9.17, 15) is 17.2 Å². The van der Waals surface area contributed by atoms with Crippen molar-refractivity contribution < 1.29 is 21.6 Å². The third-order valence-electron chi connectivity index (χ3n) is 4.82. The highest BCUT2D eigenvalue weighted by molar-refractivity contribution is 7.89. The maximum Gasteiger partial charge on any atom is 0.243 e. The molecule has 4 rings (SSSR count). The lowest BCUT2D eigenvalue weighted by Crippen LogP contribution is -2.37. The summed E-state index contributed by atoms with van der Waals surface area (Å²) in [7, 11) is -4.24. The van der Waals surface area contributed by atoms with Crippen molar-refractivity contribution in [3.05, 3.63) is 83.8 Å². The Morgan fingerprint density at radius 3 is 2.71 bits per heavy atom. The third kappa shape index (κ3) is 3.53. The Hall–Kier alpha value is -2.71. The molecule has 0 radical (unpaired) electrons. The van der Waals surface area contributed by atoms with Gasteiger partial charge in [-0.3, -0.25) is 0 Å². The number of para-hydroxylation sites is 1. The molecule has 0 bridgehead atoms. The lowest BCUT2D eigenvalue weighted by molar-refractivity contribution is 0.446. The van der Waals surface area contributed by atoms with Gasteiger partial charge in [0.15, 0.2) is 0 Å². The minimum Gasteiger partial charge on any atom is -0.467 e. The van der Waals surface area contributed by atoms with Crippen LogP contribution in [0.3, 0.4) is 0 Å². The molecule has 0 unspecified atom stereocenters. The fraction of sp³-hybridized carbons (Fsp3) is 0.200. The van der Waals surface area contributed by atoms with Crippen molar-refractivity contribution in [1.29, 1.82) is 0 Å². The van der Waals surface area contributed by atoms with Crippen LogP contribution in [0.5, 0.6) is 0 Å². The third-order valence-corrected chi connectivity index (χ3v) is 6.26. The van der Waals surface area contributed by atoms with Gasteiger partial charge < -0.3 is 9.32 Å². The molecule has 0 spiro atoms. The Kier molecular flexibility index (Phi) is 4.91. The Labute approximate surface area is 161 Å². The Balaban J connectivity index is 1.62. The summed E-state index contributed by atoms with van der Waals surface area (Å²) >= 11 is 0. The number of anilines is 1. The van der Waals surface area contributed by atoms with Crippen molar-refractivity contribution in [3.8, 4) is 0 Å². The minimum absolute atomic E-state index is 0.0554. The molecule has 3 aromatic rings.